The van der Waals surface area contributed by atoms with Crippen LogP contribution in [0, 0.1) is 6.92 Å². The van der Waals surface area contributed by atoms with Crippen molar-refractivity contribution in [3.8, 4) is 11.5 Å². The first-order chi connectivity index (χ1) is 20.2. The molecule has 0 bridgehead atoms. The number of benzene rings is 4. The Morgan fingerprint density at radius 3 is 2.21 bits per heavy atom. The minimum absolute atomic E-state index is 0.193. The molecule has 1 N–H and O–H groups in total. The number of anilines is 1. The van der Waals surface area contributed by atoms with Crippen LogP contribution in [0.1, 0.15) is 22.3 Å². The number of ether oxygens (including phenoxy) is 2. The third kappa shape index (κ3) is 6.77. The Hall–Kier alpha value is -4.30. The number of nitrogens with one attached hydrogen (secondary N) is 1. The summed E-state index contributed by atoms with van der Waals surface area (Å²) in [4.78, 5) is 39.4. The maximum Gasteiger partial charge on any atom is 0.335 e. The smallest absolute Gasteiger partial charge is 0.335 e. The van der Waals surface area contributed by atoms with Gasteiger partial charge in [0.05, 0.1) is 10.7 Å². The molecule has 1 aliphatic heterocycles. The highest BCUT2D eigenvalue weighted by atomic mass is 35.5. The van der Waals surface area contributed by atoms with Gasteiger partial charge in [-0.2, -0.15) is 0 Å². The van der Waals surface area contributed by atoms with Crippen molar-refractivity contribution in [3.63, 3.8) is 0 Å². The van der Waals surface area contributed by atoms with Crippen molar-refractivity contribution in [3.05, 3.63) is 128 Å². The average Bonchev–Trinajstić information content (AvgIpc) is 2.96. The first-order valence-electron chi connectivity index (χ1n) is 12.7. The molecule has 0 aliphatic carbocycles. The molecule has 1 heterocycles. The molecule has 1 saturated heterocycles. The number of nitrogens with zero attached hydrogens (tertiary/aromatic N) is 1. The predicted octanol–water partition coefficient (Wildman–Crippen LogP) is 7.78. The number of amides is 4. The van der Waals surface area contributed by atoms with Crippen LogP contribution >= 0.6 is 34.8 Å². The lowest BCUT2D eigenvalue weighted by Crippen LogP contribution is -2.54. The van der Waals surface area contributed by atoms with Gasteiger partial charge in [0.2, 0.25) is 0 Å². The lowest BCUT2D eigenvalue weighted by Gasteiger charge is -2.26. The van der Waals surface area contributed by atoms with Crippen molar-refractivity contribution < 1.29 is 23.9 Å². The van der Waals surface area contributed by atoms with Crippen LogP contribution in [-0.2, 0) is 22.8 Å². The first-order valence-corrected chi connectivity index (χ1v) is 13.9. The van der Waals surface area contributed by atoms with Gasteiger partial charge in [-0.05, 0) is 72.7 Å². The van der Waals surface area contributed by atoms with Gasteiger partial charge >= 0.3 is 6.03 Å². The van der Waals surface area contributed by atoms with E-state index in [0.29, 0.717) is 38.7 Å². The van der Waals surface area contributed by atoms with Gasteiger partial charge in [-0.3, -0.25) is 14.9 Å². The summed E-state index contributed by atoms with van der Waals surface area (Å²) >= 11 is 18.6. The highest BCUT2D eigenvalue weighted by Gasteiger charge is 2.36. The van der Waals surface area contributed by atoms with E-state index in [1.54, 1.807) is 60.7 Å². The van der Waals surface area contributed by atoms with E-state index in [9.17, 15) is 14.4 Å². The molecular weight excluding hydrogens is 599 g/mol. The topological polar surface area (TPSA) is 84.9 Å². The molecular formula is C32H23Cl3N2O5. The fourth-order valence-corrected chi connectivity index (χ4v) is 4.83. The Kier molecular flexibility index (Phi) is 8.83. The van der Waals surface area contributed by atoms with Crippen LogP contribution in [0.5, 0.6) is 11.5 Å². The Morgan fingerprint density at radius 1 is 0.786 bits per heavy atom. The molecule has 212 valence electrons. The van der Waals surface area contributed by atoms with Crippen LogP contribution in [-0.4, -0.2) is 17.8 Å². The predicted molar refractivity (Wildman–Crippen MR) is 163 cm³/mol. The van der Waals surface area contributed by atoms with Gasteiger partial charge in [0.1, 0.15) is 30.3 Å². The molecule has 0 radical (unpaired) electrons. The van der Waals surface area contributed by atoms with Crippen LogP contribution in [0.3, 0.4) is 0 Å². The maximum absolute atomic E-state index is 13.3. The standard InChI is InChI=1S/C32H23Cl3N2O5/c1-19-2-4-20(5-3-19)17-42-29-13-6-21(15-28(29)35)14-26-30(38)36-32(40)37(31(26)39)24-9-11-25(12-10-24)41-18-22-7-8-23(33)16-27(22)34/h2-16H,17-18H2,1H3,(H,36,38,40)/b26-14+. The van der Waals surface area contributed by atoms with Crippen molar-refractivity contribution in [2.75, 3.05) is 4.90 Å². The molecule has 7 nitrogen and oxygen atoms in total. The van der Waals surface area contributed by atoms with Crippen molar-refractivity contribution in [1.29, 1.82) is 0 Å². The summed E-state index contributed by atoms with van der Waals surface area (Å²) in [5, 5.41) is 3.52. The number of hydrogen-bond acceptors (Lipinski definition) is 5. The Morgan fingerprint density at radius 2 is 1.52 bits per heavy atom. The van der Waals surface area contributed by atoms with E-state index in [2.05, 4.69) is 5.32 Å². The molecule has 1 fully saturated rings. The first kappa shape index (κ1) is 29.2. The largest absolute Gasteiger partial charge is 0.489 e. The Bertz CT molecular complexity index is 1700. The number of aryl methyl sites for hydroxylation is 1. The van der Waals surface area contributed by atoms with E-state index in [1.165, 1.54) is 6.08 Å². The van der Waals surface area contributed by atoms with Crippen molar-refractivity contribution >= 4 is 64.4 Å². The zero-order valence-electron chi connectivity index (χ0n) is 22.2. The molecule has 4 amide bonds. The second-order valence-corrected chi connectivity index (χ2v) is 10.7. The molecule has 5 rings (SSSR count). The third-order valence-corrected chi connectivity index (χ3v) is 7.27. The molecule has 4 aromatic rings. The summed E-state index contributed by atoms with van der Waals surface area (Å²) in [7, 11) is 0. The summed E-state index contributed by atoms with van der Waals surface area (Å²) in [6, 6.07) is 23.4. The summed E-state index contributed by atoms with van der Waals surface area (Å²) in [5.74, 6) is -0.643. The average molecular weight is 622 g/mol. The maximum atomic E-state index is 13.3. The number of rotatable bonds is 8. The lowest BCUT2D eigenvalue weighted by molar-refractivity contribution is -0.122. The van der Waals surface area contributed by atoms with E-state index in [4.69, 9.17) is 44.3 Å². The second kappa shape index (κ2) is 12.7. The minimum atomic E-state index is -0.860. The Labute approximate surface area is 257 Å². The van der Waals surface area contributed by atoms with E-state index >= 15 is 0 Å². The number of halogens is 3. The highest BCUT2D eigenvalue weighted by molar-refractivity contribution is 6.39. The molecule has 42 heavy (non-hydrogen) atoms. The minimum Gasteiger partial charge on any atom is -0.489 e. The molecule has 0 aromatic heterocycles. The van der Waals surface area contributed by atoms with E-state index in [-0.39, 0.29) is 17.9 Å². The summed E-state index contributed by atoms with van der Waals surface area (Å²) in [6.45, 7) is 2.53. The van der Waals surface area contributed by atoms with E-state index in [1.807, 2.05) is 31.2 Å². The molecule has 0 spiro atoms. The van der Waals surface area contributed by atoms with Crippen LogP contribution in [0.4, 0.5) is 10.5 Å². The number of urea groups is 1. The van der Waals surface area contributed by atoms with Crippen LogP contribution in [0.25, 0.3) is 6.08 Å². The van der Waals surface area contributed by atoms with E-state index in [0.717, 1.165) is 21.6 Å². The van der Waals surface area contributed by atoms with Gasteiger partial charge in [0.25, 0.3) is 11.8 Å². The molecule has 10 heteroatoms. The molecule has 1 aliphatic rings. The zero-order chi connectivity index (χ0) is 29.8. The Balaban J connectivity index is 1.28. The van der Waals surface area contributed by atoms with Crippen LogP contribution in [0.2, 0.25) is 15.1 Å². The fraction of sp³-hybridized carbons (Fsp3) is 0.0938. The quantitative estimate of drug-likeness (QED) is 0.160. The second-order valence-electron chi connectivity index (χ2n) is 9.44. The molecule has 4 aromatic carbocycles. The number of hydrogen-bond donors (Lipinski definition) is 1. The molecule has 0 saturated carbocycles. The van der Waals surface area contributed by atoms with Gasteiger partial charge in [-0.1, -0.05) is 76.8 Å². The number of carbonyl (C=O) groups excluding carboxylic acids is 3. The summed E-state index contributed by atoms with van der Waals surface area (Å²) in [6.07, 6.45) is 1.38. The number of imide groups is 2. The summed E-state index contributed by atoms with van der Waals surface area (Å²) in [5.41, 5.74) is 3.40. The monoisotopic (exact) mass is 620 g/mol. The number of barbiturate groups is 1. The third-order valence-electron chi connectivity index (χ3n) is 6.39. The fourth-order valence-electron chi connectivity index (χ4n) is 4.12. The SMILES string of the molecule is Cc1ccc(COc2ccc(/C=C3\C(=O)NC(=O)N(c4ccc(OCc5ccc(Cl)cc5Cl)cc4)C3=O)cc2Cl)cc1. The van der Waals surface area contributed by atoms with Crippen molar-refractivity contribution in [2.24, 2.45) is 0 Å². The van der Waals surface area contributed by atoms with E-state index < -0.39 is 17.8 Å². The number of carbonyl (C=O) groups is 3. The highest BCUT2D eigenvalue weighted by Crippen LogP contribution is 2.29. The van der Waals surface area contributed by atoms with Gasteiger partial charge < -0.3 is 9.47 Å². The van der Waals surface area contributed by atoms with Gasteiger partial charge in [-0.15, -0.1) is 0 Å². The van der Waals surface area contributed by atoms with Gasteiger partial charge in [-0.25, -0.2) is 9.69 Å². The van der Waals surface area contributed by atoms with Gasteiger partial charge in [0, 0.05) is 15.6 Å². The van der Waals surface area contributed by atoms with Crippen LogP contribution < -0.4 is 19.7 Å². The lowest BCUT2D eigenvalue weighted by atomic mass is 10.1. The van der Waals surface area contributed by atoms with Gasteiger partial charge in [0.15, 0.2) is 0 Å². The molecule has 0 unspecified atom stereocenters. The van der Waals surface area contributed by atoms with Crippen molar-refractivity contribution in [2.45, 2.75) is 20.1 Å². The van der Waals surface area contributed by atoms with Crippen molar-refractivity contribution in [1.82, 2.24) is 5.32 Å². The zero-order valence-corrected chi connectivity index (χ0v) is 24.5. The van der Waals surface area contributed by atoms with Crippen LogP contribution in [0.15, 0.2) is 90.5 Å². The normalized spacial score (nSPS) is 14.2. The molecule has 0 atom stereocenters. The summed E-state index contributed by atoms with van der Waals surface area (Å²) < 4.78 is 11.6.